The summed E-state index contributed by atoms with van der Waals surface area (Å²) in [5.41, 5.74) is 3.24. The van der Waals surface area contributed by atoms with Gasteiger partial charge in [0, 0.05) is 23.7 Å². The summed E-state index contributed by atoms with van der Waals surface area (Å²) in [6.45, 7) is 2.87. The summed E-state index contributed by atoms with van der Waals surface area (Å²) in [6, 6.07) is 19.8. The number of furan rings is 1. The van der Waals surface area contributed by atoms with E-state index in [0.717, 1.165) is 35.1 Å². The van der Waals surface area contributed by atoms with Crippen molar-refractivity contribution in [2.75, 3.05) is 6.54 Å². The van der Waals surface area contributed by atoms with E-state index in [9.17, 15) is 4.79 Å². The number of carbonyl (C=O) groups excluding carboxylic acids is 1. The van der Waals surface area contributed by atoms with E-state index in [1.54, 1.807) is 4.90 Å². The first-order valence-electron chi connectivity index (χ1n) is 12.0. The number of aromatic nitrogens is 2. The van der Waals surface area contributed by atoms with E-state index in [-0.39, 0.29) is 5.91 Å². The van der Waals surface area contributed by atoms with Gasteiger partial charge in [-0.25, -0.2) is 4.68 Å². The summed E-state index contributed by atoms with van der Waals surface area (Å²) in [5.74, 6) is 0.636. The summed E-state index contributed by atoms with van der Waals surface area (Å²) in [5, 5.41) is 5.85. The second-order valence-electron chi connectivity index (χ2n) is 8.61. The van der Waals surface area contributed by atoms with Crippen LogP contribution in [0, 0.1) is 0 Å². The second-order valence-corrected chi connectivity index (χ2v) is 10.3. The molecule has 0 unspecified atom stereocenters. The number of thioether (sulfide) groups is 1. The van der Waals surface area contributed by atoms with Crippen molar-refractivity contribution in [3.63, 3.8) is 0 Å². The van der Waals surface area contributed by atoms with E-state index in [1.165, 1.54) is 31.0 Å². The average Bonchev–Trinajstić information content (AvgIpc) is 3.56. The lowest BCUT2D eigenvalue weighted by atomic mass is 10.1. The average molecular weight is 502 g/mol. The number of benzene rings is 2. The van der Waals surface area contributed by atoms with E-state index in [4.69, 9.17) is 21.7 Å². The maximum atomic E-state index is 13.2. The number of hydrogen-bond donors (Lipinski definition) is 0. The zero-order valence-corrected chi connectivity index (χ0v) is 21.3. The van der Waals surface area contributed by atoms with E-state index in [1.807, 2.05) is 77.6 Å². The predicted octanol–water partition coefficient (Wildman–Crippen LogP) is 7.46. The SMILES string of the molecule is CCCCCCCN1C(=O)/C(=C\c2cn(-c3ccccc3)nc2-c2cc3ccccc3o2)SC1=S. The minimum Gasteiger partial charge on any atom is -0.454 e. The van der Waals surface area contributed by atoms with Crippen molar-refractivity contribution in [2.45, 2.75) is 39.0 Å². The Morgan fingerprint density at radius 3 is 2.60 bits per heavy atom. The molecule has 1 saturated heterocycles. The molecule has 5 rings (SSSR count). The minimum atomic E-state index is -0.0292. The number of thiocarbonyl (C=S) groups is 1. The van der Waals surface area contributed by atoms with Gasteiger partial charge in [-0.3, -0.25) is 9.69 Å². The Labute approximate surface area is 214 Å². The van der Waals surface area contributed by atoms with Crippen LogP contribution in [0.5, 0.6) is 0 Å². The first kappa shape index (κ1) is 23.6. The van der Waals surface area contributed by atoms with Crippen LogP contribution in [0.3, 0.4) is 0 Å². The Hall–Kier alpha value is -3.16. The zero-order valence-electron chi connectivity index (χ0n) is 19.6. The molecule has 1 aliphatic rings. The molecule has 0 N–H and O–H groups in total. The van der Waals surface area contributed by atoms with Crippen molar-refractivity contribution in [3.05, 3.63) is 77.3 Å². The van der Waals surface area contributed by atoms with Crippen molar-refractivity contribution in [3.8, 4) is 17.1 Å². The normalized spacial score (nSPS) is 15.1. The van der Waals surface area contributed by atoms with Gasteiger partial charge in [-0.15, -0.1) is 0 Å². The molecule has 7 heteroatoms. The third-order valence-corrected chi connectivity index (χ3v) is 7.45. The van der Waals surface area contributed by atoms with Gasteiger partial charge in [0.1, 0.15) is 15.6 Å². The molecule has 35 heavy (non-hydrogen) atoms. The summed E-state index contributed by atoms with van der Waals surface area (Å²) in [7, 11) is 0. The van der Waals surface area contributed by atoms with Gasteiger partial charge in [-0.05, 0) is 36.8 Å². The molecule has 2 aromatic heterocycles. The van der Waals surface area contributed by atoms with Crippen molar-refractivity contribution in [1.82, 2.24) is 14.7 Å². The molecular formula is C28H27N3O2S2. The maximum Gasteiger partial charge on any atom is 0.266 e. The predicted molar refractivity (Wildman–Crippen MR) is 147 cm³/mol. The Morgan fingerprint density at radius 2 is 1.80 bits per heavy atom. The van der Waals surface area contributed by atoms with Gasteiger partial charge in [-0.2, -0.15) is 5.10 Å². The quantitative estimate of drug-likeness (QED) is 0.135. The van der Waals surface area contributed by atoms with Crippen molar-refractivity contribution >= 4 is 51.3 Å². The maximum absolute atomic E-state index is 13.2. The Kier molecular flexibility index (Phi) is 7.16. The highest BCUT2D eigenvalue weighted by Gasteiger charge is 2.32. The summed E-state index contributed by atoms with van der Waals surface area (Å²) < 4.78 is 8.57. The summed E-state index contributed by atoms with van der Waals surface area (Å²) in [6.07, 6.45) is 9.54. The number of fused-ring (bicyclic) bond motifs is 1. The van der Waals surface area contributed by atoms with Crippen LogP contribution < -0.4 is 0 Å². The van der Waals surface area contributed by atoms with E-state index in [2.05, 4.69) is 6.92 Å². The van der Waals surface area contributed by atoms with Crippen molar-refractivity contribution in [1.29, 1.82) is 0 Å². The number of nitrogens with zero attached hydrogens (tertiary/aromatic N) is 3. The molecular weight excluding hydrogens is 474 g/mol. The third-order valence-electron chi connectivity index (χ3n) is 6.07. The van der Waals surface area contributed by atoms with Crippen LogP contribution in [0.4, 0.5) is 0 Å². The fourth-order valence-electron chi connectivity index (χ4n) is 4.20. The van der Waals surface area contributed by atoms with Crippen LogP contribution in [0.25, 0.3) is 34.2 Å². The number of carbonyl (C=O) groups is 1. The largest absolute Gasteiger partial charge is 0.454 e. The molecule has 0 radical (unpaired) electrons. The van der Waals surface area contributed by atoms with Crippen LogP contribution >= 0.6 is 24.0 Å². The van der Waals surface area contributed by atoms with Gasteiger partial charge >= 0.3 is 0 Å². The smallest absolute Gasteiger partial charge is 0.266 e. The third kappa shape index (κ3) is 5.11. The molecule has 5 nitrogen and oxygen atoms in total. The zero-order chi connectivity index (χ0) is 24.2. The Bertz CT molecular complexity index is 1350. The second kappa shape index (κ2) is 10.6. The van der Waals surface area contributed by atoms with Crippen LogP contribution in [0.1, 0.15) is 44.6 Å². The number of hydrogen-bond acceptors (Lipinski definition) is 5. The molecule has 2 aromatic carbocycles. The highest BCUT2D eigenvalue weighted by Crippen LogP contribution is 2.36. The van der Waals surface area contributed by atoms with Gasteiger partial charge in [0.15, 0.2) is 5.76 Å². The Balaban J connectivity index is 1.47. The lowest BCUT2D eigenvalue weighted by molar-refractivity contribution is -0.122. The first-order valence-corrected chi connectivity index (χ1v) is 13.3. The van der Waals surface area contributed by atoms with Crippen LogP contribution in [0.15, 0.2) is 76.2 Å². The fraction of sp³-hybridized carbons (Fsp3) is 0.250. The fourth-order valence-corrected chi connectivity index (χ4v) is 5.50. The summed E-state index contributed by atoms with van der Waals surface area (Å²) >= 11 is 6.91. The molecule has 3 heterocycles. The van der Waals surface area contributed by atoms with Gasteiger partial charge in [0.2, 0.25) is 0 Å². The van der Waals surface area contributed by atoms with E-state index < -0.39 is 0 Å². The first-order chi connectivity index (χ1) is 17.1. The minimum absolute atomic E-state index is 0.0292. The highest BCUT2D eigenvalue weighted by molar-refractivity contribution is 8.26. The topological polar surface area (TPSA) is 51.3 Å². The number of unbranched alkanes of at least 4 members (excludes halogenated alkanes) is 4. The van der Waals surface area contributed by atoms with E-state index >= 15 is 0 Å². The van der Waals surface area contributed by atoms with Gasteiger partial charge in [0.25, 0.3) is 5.91 Å². The molecule has 4 aromatic rings. The molecule has 0 spiro atoms. The highest BCUT2D eigenvalue weighted by atomic mass is 32.2. The lowest BCUT2D eigenvalue weighted by Gasteiger charge is -2.13. The van der Waals surface area contributed by atoms with Gasteiger partial charge in [0.05, 0.1) is 10.6 Å². The molecule has 178 valence electrons. The molecule has 0 atom stereocenters. The number of para-hydroxylation sites is 2. The van der Waals surface area contributed by atoms with E-state index in [0.29, 0.717) is 27.2 Å². The molecule has 1 aliphatic heterocycles. The molecule has 1 amide bonds. The van der Waals surface area contributed by atoms with Gasteiger partial charge < -0.3 is 4.42 Å². The van der Waals surface area contributed by atoms with Crippen LogP contribution in [0.2, 0.25) is 0 Å². The molecule has 0 saturated carbocycles. The van der Waals surface area contributed by atoms with Crippen LogP contribution in [-0.2, 0) is 4.79 Å². The lowest BCUT2D eigenvalue weighted by Crippen LogP contribution is -2.29. The number of amides is 1. The van der Waals surface area contributed by atoms with Crippen molar-refractivity contribution in [2.24, 2.45) is 0 Å². The summed E-state index contributed by atoms with van der Waals surface area (Å²) in [4.78, 5) is 15.6. The monoisotopic (exact) mass is 501 g/mol. The Morgan fingerprint density at radius 1 is 1.03 bits per heavy atom. The van der Waals surface area contributed by atoms with Crippen LogP contribution in [-0.4, -0.2) is 31.5 Å². The number of rotatable bonds is 9. The van der Waals surface area contributed by atoms with Crippen molar-refractivity contribution < 1.29 is 9.21 Å². The molecule has 0 bridgehead atoms. The molecule has 0 aliphatic carbocycles. The standard InChI is InChI=1S/C28H27N3O2S2/c1-2-3-4-5-11-16-30-27(32)25(35-28(30)34)18-21-19-31(22-13-7-6-8-14-22)29-26(21)24-17-20-12-9-10-15-23(20)33-24/h6-10,12-15,17-19H,2-5,11,16H2,1H3/b25-18+. The molecule has 1 fully saturated rings. The van der Waals surface area contributed by atoms with Gasteiger partial charge in [-0.1, -0.05) is 93.0 Å².